The first-order valence-corrected chi connectivity index (χ1v) is 16.0. The number of aryl methyl sites for hydroxylation is 2. The molecule has 6 aromatic rings. The average Bonchev–Trinajstić information content (AvgIpc) is 3.83. The fraction of sp³-hybridized carbons (Fsp3) is 0.310. The minimum atomic E-state index is -1.14. The monoisotopic (exact) mass is 648 g/mol. The number of aliphatic hydroxyl groups is 1. The van der Waals surface area contributed by atoms with Gasteiger partial charge in [0.1, 0.15) is 52.1 Å². The summed E-state index contributed by atoms with van der Waals surface area (Å²) in [6.45, 7) is 4.02. The van der Waals surface area contributed by atoms with Crippen LogP contribution >= 0.6 is 34.3 Å². The van der Waals surface area contributed by atoms with Crippen LogP contribution in [0.3, 0.4) is 0 Å². The summed E-state index contributed by atoms with van der Waals surface area (Å²) in [4.78, 5) is 13.6. The van der Waals surface area contributed by atoms with Gasteiger partial charge >= 0.3 is 0 Å². The van der Waals surface area contributed by atoms with E-state index in [4.69, 9.17) is 30.8 Å². The fourth-order valence-electron chi connectivity index (χ4n) is 5.77. The third kappa shape index (κ3) is 4.92. The van der Waals surface area contributed by atoms with Crippen molar-refractivity contribution in [2.24, 2.45) is 0 Å². The smallest absolute Gasteiger partial charge is 0.184 e. The van der Waals surface area contributed by atoms with Crippen LogP contribution in [0.25, 0.3) is 26.6 Å². The minimum Gasteiger partial charge on any atom is -0.388 e. The van der Waals surface area contributed by atoms with E-state index in [0.717, 1.165) is 26.5 Å². The van der Waals surface area contributed by atoms with Crippen LogP contribution < -0.4 is 0 Å². The Balaban J connectivity index is 1.19. The van der Waals surface area contributed by atoms with Gasteiger partial charge in [0.25, 0.3) is 0 Å². The Kier molecular flexibility index (Phi) is 7.01. The number of benzene rings is 2. The lowest BCUT2D eigenvalue weighted by molar-refractivity contribution is -0.319. The predicted molar refractivity (Wildman–Crippen MR) is 163 cm³/mol. The van der Waals surface area contributed by atoms with E-state index in [1.165, 1.54) is 11.3 Å². The lowest BCUT2D eigenvalue weighted by atomic mass is 9.91. The zero-order chi connectivity index (χ0) is 29.9. The van der Waals surface area contributed by atoms with Crippen LogP contribution in [0, 0.1) is 13.8 Å². The highest BCUT2D eigenvalue weighted by atomic mass is 35.5. The molecule has 0 radical (unpaired) electrons. The normalized spacial score (nSPS) is 25.4. The van der Waals surface area contributed by atoms with Crippen LogP contribution in [-0.4, -0.2) is 69.8 Å². The second kappa shape index (κ2) is 11.1. The summed E-state index contributed by atoms with van der Waals surface area (Å²) in [7, 11) is 0. The van der Waals surface area contributed by atoms with Gasteiger partial charge in [0.05, 0.1) is 33.7 Å². The van der Waals surface area contributed by atoms with Gasteiger partial charge in [0.15, 0.2) is 12.1 Å². The third-order valence-corrected chi connectivity index (χ3v) is 9.80. The van der Waals surface area contributed by atoms with Gasteiger partial charge in [-0.2, -0.15) is 5.10 Å². The second-order valence-electron chi connectivity index (χ2n) is 10.6. The Bertz CT molecular complexity index is 1960. The van der Waals surface area contributed by atoms with Gasteiger partial charge < -0.3 is 19.3 Å². The van der Waals surface area contributed by atoms with E-state index in [9.17, 15) is 5.11 Å². The molecule has 0 bridgehead atoms. The average molecular weight is 649 g/mol. The van der Waals surface area contributed by atoms with E-state index in [0.29, 0.717) is 27.5 Å². The number of aromatic nitrogens is 8. The number of ether oxygens (including phenoxy) is 3. The summed E-state index contributed by atoms with van der Waals surface area (Å²) < 4.78 is 23.6. The van der Waals surface area contributed by atoms with Gasteiger partial charge in [-0.25, -0.2) is 24.3 Å². The first-order valence-electron chi connectivity index (χ1n) is 13.9. The van der Waals surface area contributed by atoms with Crippen LogP contribution in [0.4, 0.5) is 0 Å². The number of aliphatic hydroxyl groups excluding tert-OH is 1. The van der Waals surface area contributed by atoms with Gasteiger partial charge in [-0.15, -0.1) is 27.8 Å². The second-order valence-corrected chi connectivity index (χ2v) is 13.1. The van der Waals surface area contributed by atoms with E-state index in [1.807, 2.05) is 62.4 Å². The number of hydrogen-bond donors (Lipinski definition) is 1. The minimum absolute atomic E-state index is 0.229. The maximum atomic E-state index is 12.1. The van der Waals surface area contributed by atoms with Gasteiger partial charge in [-0.05, 0) is 32.0 Å². The first kappa shape index (κ1) is 27.9. The Labute approximate surface area is 263 Å². The molecule has 2 aliphatic heterocycles. The van der Waals surface area contributed by atoms with E-state index in [1.54, 1.807) is 32.3 Å². The van der Waals surface area contributed by atoms with Crippen molar-refractivity contribution < 1.29 is 19.3 Å². The van der Waals surface area contributed by atoms with Crippen LogP contribution in [-0.2, 0) is 14.2 Å². The van der Waals surface area contributed by atoms with E-state index < -0.39 is 36.7 Å². The molecule has 0 saturated carbocycles. The van der Waals surface area contributed by atoms with Gasteiger partial charge in [-0.1, -0.05) is 47.1 Å². The highest BCUT2D eigenvalue weighted by Gasteiger charge is 2.52. The van der Waals surface area contributed by atoms with Crippen LogP contribution in [0.5, 0.6) is 0 Å². The largest absolute Gasteiger partial charge is 0.388 e. The molecule has 2 fully saturated rings. The molecule has 15 heteroatoms. The SMILES string of the molecule is Cc1nc([C@@H]2OC3COC(c4ccccc4)O[C@@H]3C(n3cc(-c4nc(Cl)cs4)nn3)C2O)n(-c2ccc3nc(C)sc3c2)n1. The maximum absolute atomic E-state index is 12.1. The lowest BCUT2D eigenvalue weighted by Crippen LogP contribution is -2.57. The molecule has 1 N–H and O–H groups in total. The molecule has 2 aliphatic rings. The third-order valence-electron chi connectivity index (χ3n) is 7.68. The number of halogens is 1. The molecule has 12 nitrogen and oxygen atoms in total. The molecular formula is C29H25ClN8O4S2. The molecule has 44 heavy (non-hydrogen) atoms. The van der Waals surface area contributed by atoms with E-state index in [2.05, 4.69) is 25.4 Å². The van der Waals surface area contributed by atoms with Crippen molar-refractivity contribution >= 4 is 44.5 Å². The van der Waals surface area contributed by atoms with Crippen molar-refractivity contribution in [3.05, 3.63) is 87.5 Å². The molecule has 0 aliphatic carbocycles. The van der Waals surface area contributed by atoms with Crippen molar-refractivity contribution in [3.63, 3.8) is 0 Å². The van der Waals surface area contributed by atoms with Crippen molar-refractivity contribution in [1.82, 2.24) is 39.7 Å². The summed E-state index contributed by atoms with van der Waals surface area (Å²) in [6.07, 6.45) is -2.10. The first-order chi connectivity index (χ1) is 21.4. The zero-order valence-corrected chi connectivity index (χ0v) is 25.8. The summed E-state index contributed by atoms with van der Waals surface area (Å²) >= 11 is 9.05. The molecule has 0 amide bonds. The van der Waals surface area contributed by atoms with E-state index >= 15 is 0 Å². The van der Waals surface area contributed by atoms with E-state index in [-0.39, 0.29) is 6.61 Å². The summed E-state index contributed by atoms with van der Waals surface area (Å²) in [5.41, 5.74) is 3.10. The zero-order valence-electron chi connectivity index (χ0n) is 23.4. The van der Waals surface area contributed by atoms with Gasteiger partial charge in [0, 0.05) is 10.9 Å². The highest BCUT2D eigenvalue weighted by Crippen LogP contribution is 2.44. The number of hydrogen-bond acceptors (Lipinski definition) is 12. The molecule has 2 saturated heterocycles. The standard InChI is InChI=1S/C29H25ClN8O4S2/c1-14-31-27(38(35-14)17-8-9-18-21(10-17)44-15(2)32-18)26-24(39)23(37-11-19(34-36-37)28-33-22(30)13-43-28)25-20(41-26)12-40-29(42-25)16-6-4-3-5-7-16/h3-11,13,20,23-26,29,39H,12H2,1-2H3/t20?,23?,24?,25-,26+,29?/m0/s1. The molecule has 6 atom stereocenters. The topological polar surface area (TPSA) is 135 Å². The highest BCUT2D eigenvalue weighted by molar-refractivity contribution is 7.18. The predicted octanol–water partition coefficient (Wildman–Crippen LogP) is 5.02. The number of nitrogens with zero attached hydrogens (tertiary/aromatic N) is 8. The molecule has 2 aromatic carbocycles. The number of fused-ring (bicyclic) bond motifs is 2. The molecular weight excluding hydrogens is 624 g/mol. The van der Waals surface area contributed by atoms with Crippen molar-refractivity contribution in [3.8, 4) is 16.4 Å². The molecule has 224 valence electrons. The van der Waals surface area contributed by atoms with Crippen molar-refractivity contribution in [1.29, 1.82) is 0 Å². The van der Waals surface area contributed by atoms with Crippen molar-refractivity contribution in [2.75, 3.05) is 6.61 Å². The summed E-state index contributed by atoms with van der Waals surface area (Å²) in [5, 5.41) is 29.3. The summed E-state index contributed by atoms with van der Waals surface area (Å²) in [6, 6.07) is 14.9. The molecule has 6 heterocycles. The maximum Gasteiger partial charge on any atom is 0.184 e. The van der Waals surface area contributed by atoms with Crippen molar-refractivity contribution in [2.45, 2.75) is 50.6 Å². The Morgan fingerprint density at radius 1 is 1.05 bits per heavy atom. The van der Waals surface area contributed by atoms with Crippen LogP contribution in [0.1, 0.15) is 40.7 Å². The lowest BCUT2D eigenvalue weighted by Gasteiger charge is -2.47. The summed E-state index contributed by atoms with van der Waals surface area (Å²) in [5.74, 6) is 0.996. The number of rotatable bonds is 5. The van der Waals surface area contributed by atoms with Gasteiger partial charge in [-0.3, -0.25) is 0 Å². The Hall–Kier alpha value is -3.63. The van der Waals surface area contributed by atoms with Crippen LogP contribution in [0.15, 0.2) is 60.1 Å². The van der Waals surface area contributed by atoms with Crippen LogP contribution in [0.2, 0.25) is 5.15 Å². The molecule has 8 rings (SSSR count). The quantitative estimate of drug-likeness (QED) is 0.271. The number of thiazole rings is 2. The molecule has 0 spiro atoms. The Morgan fingerprint density at radius 2 is 1.91 bits per heavy atom. The molecule has 4 unspecified atom stereocenters. The van der Waals surface area contributed by atoms with Gasteiger partial charge in [0.2, 0.25) is 0 Å². The Morgan fingerprint density at radius 3 is 2.73 bits per heavy atom. The fourth-order valence-corrected chi connectivity index (χ4v) is 7.53. The molecule has 4 aromatic heterocycles.